The predicted molar refractivity (Wildman–Crippen MR) is 144 cm³/mol. The first-order valence-corrected chi connectivity index (χ1v) is 14.8. The molecule has 12 heteroatoms. The van der Waals surface area contributed by atoms with Crippen molar-refractivity contribution < 1.29 is 13.2 Å². The lowest BCUT2D eigenvalue weighted by molar-refractivity contribution is 0.0952. The molecule has 0 aliphatic heterocycles. The van der Waals surface area contributed by atoms with E-state index in [9.17, 15) is 13.2 Å². The van der Waals surface area contributed by atoms with Crippen LogP contribution >= 0.6 is 11.8 Å². The molecule has 0 fully saturated rings. The van der Waals surface area contributed by atoms with Crippen molar-refractivity contribution >= 4 is 44.5 Å². The number of nitrogens with zero attached hydrogens (tertiary/aromatic N) is 5. The molecular weight excluding hydrogens is 498 g/mol. The number of anilines is 1. The highest BCUT2D eigenvalue weighted by Gasteiger charge is 2.21. The number of rotatable bonds is 14. The van der Waals surface area contributed by atoms with Crippen molar-refractivity contribution in [2.24, 2.45) is 0 Å². The van der Waals surface area contributed by atoms with E-state index in [-0.39, 0.29) is 10.8 Å². The monoisotopic (exact) mass is 533 g/mol. The van der Waals surface area contributed by atoms with Gasteiger partial charge in [0, 0.05) is 37.5 Å². The average Bonchev–Trinajstić information content (AvgIpc) is 3.29. The zero-order chi connectivity index (χ0) is 26.1. The molecule has 0 unspecified atom stereocenters. The molecule has 0 aliphatic carbocycles. The van der Waals surface area contributed by atoms with Crippen LogP contribution in [0.4, 0.5) is 5.82 Å². The SMILES string of the molecule is CCCNc1nc(SCCC)nc2c1cnn2CCNC(=O)c1ccc(S(=O)(=O)N(CC)CC)cc1. The lowest BCUT2D eigenvalue weighted by Crippen LogP contribution is -2.31. The molecule has 0 saturated heterocycles. The normalized spacial score (nSPS) is 11.8. The van der Waals surface area contributed by atoms with E-state index in [4.69, 9.17) is 4.98 Å². The van der Waals surface area contributed by atoms with Crippen molar-refractivity contribution in [1.82, 2.24) is 29.4 Å². The van der Waals surface area contributed by atoms with Crippen LogP contribution in [0.3, 0.4) is 0 Å². The molecule has 0 saturated carbocycles. The maximum absolute atomic E-state index is 12.6. The number of benzene rings is 1. The number of nitrogens with one attached hydrogen (secondary N) is 2. The zero-order valence-electron chi connectivity index (χ0n) is 21.3. The van der Waals surface area contributed by atoms with Gasteiger partial charge < -0.3 is 10.6 Å². The third-order valence-corrected chi connectivity index (χ3v) is 8.64. The maximum atomic E-state index is 12.6. The molecule has 2 aromatic heterocycles. The van der Waals surface area contributed by atoms with Crippen LogP contribution in [0.2, 0.25) is 0 Å². The molecule has 0 aliphatic rings. The number of fused-ring (bicyclic) bond motifs is 1. The van der Waals surface area contributed by atoms with E-state index in [0.29, 0.717) is 36.9 Å². The molecule has 2 N–H and O–H groups in total. The molecule has 1 amide bonds. The van der Waals surface area contributed by atoms with Gasteiger partial charge in [0.05, 0.1) is 23.0 Å². The molecule has 0 radical (unpaired) electrons. The standard InChI is InChI=1S/C24H35N7O3S2/c1-5-13-25-21-20-17-27-31(22(20)29-24(28-21)35-16-6-2)15-14-26-23(32)18-9-11-19(12-10-18)36(33,34)30(7-3)8-4/h9-12,17H,5-8,13-16H2,1-4H3,(H,26,32)(H,25,28,29). The smallest absolute Gasteiger partial charge is 0.251 e. The number of aromatic nitrogens is 4. The third-order valence-electron chi connectivity index (χ3n) is 5.52. The zero-order valence-corrected chi connectivity index (χ0v) is 23.0. The summed E-state index contributed by atoms with van der Waals surface area (Å²) < 4.78 is 28.5. The Balaban J connectivity index is 1.68. The second-order valence-electron chi connectivity index (χ2n) is 8.10. The second kappa shape index (κ2) is 13.0. The summed E-state index contributed by atoms with van der Waals surface area (Å²) in [6, 6.07) is 6.01. The van der Waals surface area contributed by atoms with Gasteiger partial charge in [0.2, 0.25) is 10.0 Å². The maximum Gasteiger partial charge on any atom is 0.251 e. The average molecular weight is 534 g/mol. The Bertz CT molecular complexity index is 1260. The van der Waals surface area contributed by atoms with Crippen LogP contribution in [0.5, 0.6) is 0 Å². The van der Waals surface area contributed by atoms with Crippen LogP contribution in [0.1, 0.15) is 50.9 Å². The van der Waals surface area contributed by atoms with Crippen molar-refractivity contribution in [3.05, 3.63) is 36.0 Å². The van der Waals surface area contributed by atoms with E-state index in [1.54, 1.807) is 36.5 Å². The lowest BCUT2D eigenvalue weighted by Gasteiger charge is -2.18. The first kappa shape index (κ1) is 27.9. The topological polar surface area (TPSA) is 122 Å². The molecule has 196 valence electrons. The minimum Gasteiger partial charge on any atom is -0.369 e. The molecule has 1 aromatic carbocycles. The fourth-order valence-electron chi connectivity index (χ4n) is 3.60. The summed E-state index contributed by atoms with van der Waals surface area (Å²) in [7, 11) is -3.56. The lowest BCUT2D eigenvalue weighted by atomic mass is 10.2. The molecular formula is C24H35N7O3S2. The van der Waals surface area contributed by atoms with Crippen LogP contribution in [0.15, 0.2) is 40.5 Å². The van der Waals surface area contributed by atoms with Gasteiger partial charge in [-0.25, -0.2) is 23.1 Å². The number of carbonyl (C=O) groups is 1. The van der Waals surface area contributed by atoms with Crippen molar-refractivity contribution in [3.63, 3.8) is 0 Å². The first-order valence-electron chi connectivity index (χ1n) is 12.3. The predicted octanol–water partition coefficient (Wildman–Crippen LogP) is 3.61. The van der Waals surface area contributed by atoms with Gasteiger partial charge >= 0.3 is 0 Å². The van der Waals surface area contributed by atoms with Crippen LogP contribution in [0, 0.1) is 0 Å². The number of amides is 1. The van der Waals surface area contributed by atoms with E-state index in [0.717, 1.165) is 42.0 Å². The molecule has 3 aromatic rings. The summed E-state index contributed by atoms with van der Waals surface area (Å²) in [6.45, 7) is 10.2. The molecule has 36 heavy (non-hydrogen) atoms. The van der Waals surface area contributed by atoms with E-state index >= 15 is 0 Å². The minimum absolute atomic E-state index is 0.176. The Morgan fingerprint density at radius 2 is 1.75 bits per heavy atom. The number of thioether (sulfide) groups is 1. The summed E-state index contributed by atoms with van der Waals surface area (Å²) >= 11 is 1.61. The Hall–Kier alpha value is -2.70. The van der Waals surface area contributed by atoms with E-state index in [2.05, 4.69) is 34.6 Å². The Morgan fingerprint density at radius 3 is 2.39 bits per heavy atom. The van der Waals surface area contributed by atoms with Gasteiger partial charge in [-0.1, -0.05) is 39.5 Å². The van der Waals surface area contributed by atoms with E-state index in [1.807, 2.05) is 0 Å². The third kappa shape index (κ3) is 6.54. The van der Waals surface area contributed by atoms with Crippen molar-refractivity contribution in [3.8, 4) is 0 Å². The Kier molecular flexibility index (Phi) is 10.1. The van der Waals surface area contributed by atoms with Gasteiger partial charge in [0.1, 0.15) is 5.82 Å². The van der Waals surface area contributed by atoms with Crippen molar-refractivity contribution in [2.75, 3.05) is 37.2 Å². The molecule has 10 nitrogen and oxygen atoms in total. The van der Waals surface area contributed by atoms with Gasteiger partial charge in [0.25, 0.3) is 5.91 Å². The van der Waals surface area contributed by atoms with Crippen LogP contribution in [0.25, 0.3) is 11.0 Å². The van der Waals surface area contributed by atoms with Crippen molar-refractivity contribution in [2.45, 2.75) is 57.1 Å². The van der Waals surface area contributed by atoms with E-state index in [1.165, 1.54) is 28.6 Å². The van der Waals surface area contributed by atoms with Crippen LogP contribution < -0.4 is 10.6 Å². The Morgan fingerprint density at radius 1 is 1.03 bits per heavy atom. The largest absolute Gasteiger partial charge is 0.369 e. The number of sulfonamides is 1. The highest BCUT2D eigenvalue weighted by molar-refractivity contribution is 7.99. The highest BCUT2D eigenvalue weighted by atomic mass is 32.2. The quantitative estimate of drug-likeness (QED) is 0.238. The number of carbonyl (C=O) groups excluding carboxylic acids is 1. The highest BCUT2D eigenvalue weighted by Crippen LogP contribution is 2.25. The summed E-state index contributed by atoms with van der Waals surface area (Å²) in [5.41, 5.74) is 1.12. The van der Waals surface area contributed by atoms with Gasteiger partial charge in [-0.2, -0.15) is 9.40 Å². The Labute approximate surface area is 217 Å². The second-order valence-corrected chi connectivity index (χ2v) is 11.1. The van der Waals surface area contributed by atoms with E-state index < -0.39 is 10.0 Å². The fourth-order valence-corrected chi connectivity index (χ4v) is 5.75. The minimum atomic E-state index is -3.56. The molecule has 0 bridgehead atoms. The summed E-state index contributed by atoms with van der Waals surface area (Å²) in [4.78, 5) is 22.2. The number of hydrogen-bond acceptors (Lipinski definition) is 8. The summed E-state index contributed by atoms with van der Waals surface area (Å²) in [6.07, 6.45) is 3.75. The van der Waals surface area contributed by atoms with Gasteiger partial charge in [-0.05, 0) is 37.1 Å². The fraction of sp³-hybridized carbons (Fsp3) is 0.500. The summed E-state index contributed by atoms with van der Waals surface area (Å²) in [5, 5.41) is 12.3. The van der Waals surface area contributed by atoms with Gasteiger partial charge in [-0.3, -0.25) is 4.79 Å². The molecule has 0 spiro atoms. The molecule has 3 rings (SSSR count). The van der Waals surface area contributed by atoms with Crippen LogP contribution in [-0.2, 0) is 16.6 Å². The summed E-state index contributed by atoms with van der Waals surface area (Å²) in [5.74, 6) is 1.42. The molecule has 0 atom stereocenters. The van der Waals surface area contributed by atoms with Gasteiger partial charge in [0.15, 0.2) is 10.8 Å². The van der Waals surface area contributed by atoms with Crippen molar-refractivity contribution in [1.29, 1.82) is 0 Å². The van der Waals surface area contributed by atoms with Gasteiger partial charge in [-0.15, -0.1) is 0 Å². The van der Waals surface area contributed by atoms with Crippen LogP contribution in [-0.4, -0.2) is 70.3 Å². The molecule has 2 heterocycles. The number of hydrogen-bond donors (Lipinski definition) is 2. The first-order chi connectivity index (χ1) is 17.3.